The number of aliphatic hydroxyl groups is 1. The summed E-state index contributed by atoms with van der Waals surface area (Å²) >= 11 is 3.35. The Morgan fingerprint density at radius 3 is 2.69 bits per heavy atom. The Hall–Kier alpha value is -0.450. The molecule has 0 bridgehead atoms. The third-order valence-corrected chi connectivity index (χ3v) is 3.36. The van der Waals surface area contributed by atoms with E-state index in [1.54, 1.807) is 6.20 Å². The standard InChI is InChI=1S/C12H19BrN2O/c1-2-5-12(8-14,9-16)6-11-4-3-10(13)7-15-11/h3-4,7,16H,2,5-6,8-9,14H2,1H3. The summed E-state index contributed by atoms with van der Waals surface area (Å²) < 4.78 is 0.967. The van der Waals surface area contributed by atoms with Gasteiger partial charge >= 0.3 is 0 Å². The molecule has 0 amide bonds. The zero-order valence-corrected chi connectivity index (χ0v) is 11.2. The quantitative estimate of drug-likeness (QED) is 0.842. The molecule has 90 valence electrons. The molecule has 0 fully saturated rings. The second kappa shape index (κ2) is 6.33. The van der Waals surface area contributed by atoms with Crippen molar-refractivity contribution in [3.63, 3.8) is 0 Å². The summed E-state index contributed by atoms with van der Waals surface area (Å²) in [7, 11) is 0. The molecule has 1 unspecified atom stereocenters. The van der Waals surface area contributed by atoms with Crippen LogP contribution in [0, 0.1) is 5.41 Å². The first-order valence-corrected chi connectivity index (χ1v) is 6.36. The Morgan fingerprint density at radius 2 is 2.25 bits per heavy atom. The van der Waals surface area contributed by atoms with Gasteiger partial charge in [0.25, 0.3) is 0 Å². The minimum Gasteiger partial charge on any atom is -0.396 e. The van der Waals surface area contributed by atoms with Gasteiger partial charge in [-0.15, -0.1) is 0 Å². The van der Waals surface area contributed by atoms with E-state index in [9.17, 15) is 5.11 Å². The molecule has 4 heteroatoms. The molecule has 0 saturated heterocycles. The maximum Gasteiger partial charge on any atom is 0.0503 e. The van der Waals surface area contributed by atoms with Gasteiger partial charge in [-0.3, -0.25) is 4.98 Å². The van der Waals surface area contributed by atoms with E-state index in [1.165, 1.54) is 0 Å². The van der Waals surface area contributed by atoms with Gasteiger partial charge in [0.2, 0.25) is 0 Å². The number of pyridine rings is 1. The molecule has 0 saturated carbocycles. The fraction of sp³-hybridized carbons (Fsp3) is 0.583. The van der Waals surface area contributed by atoms with Crippen LogP contribution in [0.3, 0.4) is 0 Å². The van der Waals surface area contributed by atoms with Gasteiger partial charge in [-0.25, -0.2) is 0 Å². The van der Waals surface area contributed by atoms with Crippen molar-refractivity contribution < 1.29 is 5.11 Å². The van der Waals surface area contributed by atoms with E-state index in [-0.39, 0.29) is 12.0 Å². The highest BCUT2D eigenvalue weighted by Gasteiger charge is 2.27. The highest BCUT2D eigenvalue weighted by molar-refractivity contribution is 9.10. The van der Waals surface area contributed by atoms with Crippen molar-refractivity contribution in [2.24, 2.45) is 11.1 Å². The lowest BCUT2D eigenvalue weighted by Gasteiger charge is -2.29. The third-order valence-electron chi connectivity index (χ3n) is 2.89. The molecule has 1 aromatic heterocycles. The van der Waals surface area contributed by atoms with Crippen LogP contribution in [0.4, 0.5) is 0 Å². The Kier molecular flexibility index (Phi) is 5.38. The largest absolute Gasteiger partial charge is 0.396 e. The van der Waals surface area contributed by atoms with Crippen molar-refractivity contribution in [1.29, 1.82) is 0 Å². The molecule has 1 atom stereocenters. The normalized spacial score (nSPS) is 14.8. The molecule has 0 aliphatic rings. The molecule has 0 aromatic carbocycles. The van der Waals surface area contributed by atoms with Crippen LogP contribution in [0.2, 0.25) is 0 Å². The van der Waals surface area contributed by atoms with Crippen LogP contribution < -0.4 is 5.73 Å². The molecule has 0 spiro atoms. The molecule has 1 rings (SSSR count). The molecule has 3 N–H and O–H groups in total. The monoisotopic (exact) mass is 286 g/mol. The third kappa shape index (κ3) is 3.54. The lowest BCUT2D eigenvalue weighted by atomic mass is 9.80. The molecule has 3 nitrogen and oxygen atoms in total. The van der Waals surface area contributed by atoms with Gasteiger partial charge in [0, 0.05) is 28.3 Å². The zero-order chi connectivity index (χ0) is 12.0. The number of halogens is 1. The number of nitrogens with two attached hydrogens (primary N) is 1. The van der Waals surface area contributed by atoms with E-state index >= 15 is 0 Å². The van der Waals surface area contributed by atoms with Gasteiger partial charge < -0.3 is 10.8 Å². The van der Waals surface area contributed by atoms with E-state index in [4.69, 9.17) is 5.73 Å². The molecule has 1 aromatic rings. The molecule has 0 aliphatic heterocycles. The smallest absolute Gasteiger partial charge is 0.0503 e. The van der Waals surface area contributed by atoms with Crippen molar-refractivity contribution in [1.82, 2.24) is 4.98 Å². The number of rotatable bonds is 6. The van der Waals surface area contributed by atoms with E-state index in [1.807, 2.05) is 12.1 Å². The number of aromatic nitrogens is 1. The summed E-state index contributed by atoms with van der Waals surface area (Å²) in [5.74, 6) is 0. The summed E-state index contributed by atoms with van der Waals surface area (Å²) in [6.07, 6.45) is 4.47. The second-order valence-electron chi connectivity index (χ2n) is 4.26. The predicted octanol–water partition coefficient (Wildman–Crippen LogP) is 2.12. The molecule has 0 radical (unpaired) electrons. The summed E-state index contributed by atoms with van der Waals surface area (Å²) in [6.45, 7) is 2.72. The topological polar surface area (TPSA) is 59.1 Å². The van der Waals surface area contributed by atoms with Crippen LogP contribution in [-0.4, -0.2) is 23.2 Å². The van der Waals surface area contributed by atoms with Gasteiger partial charge in [0.15, 0.2) is 0 Å². The first-order chi connectivity index (χ1) is 7.65. The summed E-state index contributed by atoms with van der Waals surface area (Å²) in [5.41, 5.74) is 6.55. The Balaban J connectivity index is 2.78. The van der Waals surface area contributed by atoms with Crippen molar-refractivity contribution in [2.75, 3.05) is 13.2 Å². The zero-order valence-electron chi connectivity index (χ0n) is 9.62. The fourth-order valence-corrected chi connectivity index (χ4v) is 2.12. The van der Waals surface area contributed by atoms with Gasteiger partial charge in [-0.2, -0.15) is 0 Å². The van der Waals surface area contributed by atoms with Gasteiger partial charge in [0.05, 0.1) is 6.61 Å². The van der Waals surface area contributed by atoms with Crippen molar-refractivity contribution in [2.45, 2.75) is 26.2 Å². The van der Waals surface area contributed by atoms with Crippen molar-refractivity contribution >= 4 is 15.9 Å². The molecular formula is C12H19BrN2O. The van der Waals surface area contributed by atoms with E-state index in [2.05, 4.69) is 27.8 Å². The first kappa shape index (κ1) is 13.6. The van der Waals surface area contributed by atoms with Crippen LogP contribution in [-0.2, 0) is 6.42 Å². The minimum atomic E-state index is -0.213. The maximum atomic E-state index is 9.51. The van der Waals surface area contributed by atoms with Crippen LogP contribution in [0.5, 0.6) is 0 Å². The predicted molar refractivity (Wildman–Crippen MR) is 69.1 cm³/mol. The van der Waals surface area contributed by atoms with E-state index < -0.39 is 0 Å². The minimum absolute atomic E-state index is 0.120. The SMILES string of the molecule is CCCC(CN)(CO)Cc1ccc(Br)cn1. The average Bonchev–Trinajstić information content (AvgIpc) is 2.31. The van der Waals surface area contributed by atoms with Gasteiger partial charge in [0.1, 0.15) is 0 Å². The van der Waals surface area contributed by atoms with E-state index in [0.717, 1.165) is 29.4 Å². The van der Waals surface area contributed by atoms with Gasteiger partial charge in [-0.05, 0) is 40.9 Å². The first-order valence-electron chi connectivity index (χ1n) is 5.57. The maximum absolute atomic E-state index is 9.51. The molecule has 16 heavy (non-hydrogen) atoms. The van der Waals surface area contributed by atoms with Crippen LogP contribution in [0.15, 0.2) is 22.8 Å². The number of aliphatic hydroxyl groups excluding tert-OH is 1. The van der Waals surface area contributed by atoms with Crippen molar-refractivity contribution in [3.8, 4) is 0 Å². The summed E-state index contributed by atoms with van der Waals surface area (Å²) in [4.78, 5) is 4.33. The van der Waals surface area contributed by atoms with Crippen molar-refractivity contribution in [3.05, 3.63) is 28.5 Å². The van der Waals surface area contributed by atoms with Crippen LogP contribution in [0.25, 0.3) is 0 Å². The number of nitrogens with zero attached hydrogens (tertiary/aromatic N) is 1. The Labute approximate surface area is 105 Å². The average molecular weight is 287 g/mol. The van der Waals surface area contributed by atoms with Gasteiger partial charge in [-0.1, -0.05) is 13.3 Å². The summed E-state index contributed by atoms with van der Waals surface area (Å²) in [6, 6.07) is 3.94. The molecule has 1 heterocycles. The molecule has 0 aliphatic carbocycles. The fourth-order valence-electron chi connectivity index (χ4n) is 1.89. The highest BCUT2D eigenvalue weighted by Crippen LogP contribution is 2.26. The number of hydrogen-bond donors (Lipinski definition) is 2. The highest BCUT2D eigenvalue weighted by atomic mass is 79.9. The Morgan fingerprint density at radius 1 is 1.50 bits per heavy atom. The lowest BCUT2D eigenvalue weighted by Crippen LogP contribution is -2.36. The Bertz CT molecular complexity index is 309. The molecular weight excluding hydrogens is 268 g/mol. The lowest BCUT2D eigenvalue weighted by molar-refractivity contribution is 0.120. The van der Waals surface area contributed by atoms with Crippen LogP contribution in [0.1, 0.15) is 25.5 Å². The number of hydrogen-bond acceptors (Lipinski definition) is 3. The second-order valence-corrected chi connectivity index (χ2v) is 5.17. The summed E-state index contributed by atoms with van der Waals surface area (Å²) in [5, 5.41) is 9.51. The van der Waals surface area contributed by atoms with E-state index in [0.29, 0.717) is 6.54 Å². The van der Waals surface area contributed by atoms with Crippen LogP contribution >= 0.6 is 15.9 Å².